The summed E-state index contributed by atoms with van der Waals surface area (Å²) in [5.41, 5.74) is 3.27. The van der Waals surface area contributed by atoms with Gasteiger partial charge < -0.3 is 20.7 Å². The summed E-state index contributed by atoms with van der Waals surface area (Å²) in [5.74, 6) is -0.378. The number of anilines is 2. The zero-order valence-corrected chi connectivity index (χ0v) is 25.6. The first-order chi connectivity index (χ1) is 20.7. The van der Waals surface area contributed by atoms with Gasteiger partial charge in [-0.15, -0.1) is 11.8 Å². The normalized spacial score (nSPS) is 11.8. The van der Waals surface area contributed by atoms with E-state index >= 15 is 0 Å². The first-order valence-electron chi connectivity index (χ1n) is 13.7. The molecule has 0 saturated carbocycles. The van der Waals surface area contributed by atoms with Gasteiger partial charge in [0.25, 0.3) is 11.8 Å². The average Bonchev–Trinajstić information content (AvgIpc) is 3.00. The van der Waals surface area contributed by atoms with Gasteiger partial charge in [-0.1, -0.05) is 54.1 Å². The highest BCUT2D eigenvalue weighted by Gasteiger charge is 2.18. The molecule has 1 atom stereocenters. The maximum atomic E-state index is 13.4. The maximum absolute atomic E-state index is 13.4. The van der Waals surface area contributed by atoms with Crippen molar-refractivity contribution in [2.24, 2.45) is 0 Å². The quantitative estimate of drug-likeness (QED) is 0.120. The Morgan fingerprint density at radius 1 is 0.884 bits per heavy atom. The number of amides is 3. The van der Waals surface area contributed by atoms with Crippen molar-refractivity contribution in [2.45, 2.75) is 30.9 Å². The second kappa shape index (κ2) is 15.1. The molecule has 0 saturated heterocycles. The van der Waals surface area contributed by atoms with Gasteiger partial charge in [0.05, 0.1) is 11.9 Å². The van der Waals surface area contributed by atoms with E-state index in [9.17, 15) is 14.4 Å². The third-order valence-corrected chi connectivity index (χ3v) is 7.75. The Bertz CT molecular complexity index is 1620. The molecule has 7 nitrogen and oxygen atoms in total. The molecule has 43 heavy (non-hydrogen) atoms. The minimum atomic E-state index is -0.498. The number of carbonyl (C=O) groups is 3. The standard InChI is InChI=1S/C34H32ClN3O4S/c1-4-42-28-17-14-24(15-18-28)19-31(38-33(40)25-9-6-5-7-10-25)34(41)37-26-11-8-12-29(20-26)43-23(3)32(39)36-27-16-13-22(2)30(35)21-27/h5-21,23H,4H2,1-3H3,(H,36,39)(H,37,41)(H,38,40)/b31-19+. The van der Waals surface area contributed by atoms with Crippen LogP contribution in [0.4, 0.5) is 11.4 Å². The highest BCUT2D eigenvalue weighted by atomic mass is 35.5. The predicted molar refractivity (Wildman–Crippen MR) is 175 cm³/mol. The first-order valence-corrected chi connectivity index (χ1v) is 14.9. The molecule has 0 aromatic heterocycles. The van der Waals surface area contributed by atoms with E-state index in [4.69, 9.17) is 16.3 Å². The van der Waals surface area contributed by atoms with Crippen LogP contribution in [0.5, 0.6) is 5.75 Å². The number of benzene rings is 4. The van der Waals surface area contributed by atoms with Gasteiger partial charge in [-0.2, -0.15) is 0 Å². The summed E-state index contributed by atoms with van der Waals surface area (Å²) in [7, 11) is 0. The molecule has 4 aromatic rings. The fraction of sp³-hybridized carbons (Fsp3) is 0.147. The van der Waals surface area contributed by atoms with Crippen molar-refractivity contribution >= 4 is 58.5 Å². The molecule has 4 aromatic carbocycles. The number of ether oxygens (including phenoxy) is 1. The summed E-state index contributed by atoms with van der Waals surface area (Å²) in [6, 6.07) is 28.4. The monoisotopic (exact) mass is 613 g/mol. The highest BCUT2D eigenvalue weighted by Crippen LogP contribution is 2.28. The summed E-state index contributed by atoms with van der Waals surface area (Å²) in [6.45, 7) is 6.14. The lowest BCUT2D eigenvalue weighted by Gasteiger charge is -2.14. The summed E-state index contributed by atoms with van der Waals surface area (Å²) in [4.78, 5) is 40.0. The van der Waals surface area contributed by atoms with Crippen LogP contribution < -0.4 is 20.7 Å². The second-order valence-corrected chi connectivity index (χ2v) is 11.4. The van der Waals surface area contributed by atoms with Crippen LogP contribution in [0.1, 0.15) is 35.3 Å². The Morgan fingerprint density at radius 3 is 2.30 bits per heavy atom. The van der Waals surface area contributed by atoms with Crippen LogP contribution >= 0.6 is 23.4 Å². The van der Waals surface area contributed by atoms with Crippen molar-refractivity contribution in [2.75, 3.05) is 17.2 Å². The molecule has 0 radical (unpaired) electrons. The van der Waals surface area contributed by atoms with E-state index in [2.05, 4.69) is 16.0 Å². The molecule has 4 rings (SSSR count). The van der Waals surface area contributed by atoms with Gasteiger partial charge >= 0.3 is 0 Å². The third-order valence-electron chi connectivity index (χ3n) is 6.24. The molecule has 3 amide bonds. The topological polar surface area (TPSA) is 96.5 Å². The molecular weight excluding hydrogens is 582 g/mol. The fourth-order valence-electron chi connectivity index (χ4n) is 3.95. The molecule has 0 aliphatic carbocycles. The first kappa shape index (κ1) is 31.4. The molecule has 0 spiro atoms. The van der Waals surface area contributed by atoms with Crippen molar-refractivity contribution in [3.8, 4) is 5.75 Å². The van der Waals surface area contributed by atoms with E-state index in [0.717, 1.165) is 10.5 Å². The molecule has 9 heteroatoms. The number of hydrogen-bond donors (Lipinski definition) is 3. The van der Waals surface area contributed by atoms with Crippen molar-refractivity contribution in [3.05, 3.63) is 124 Å². The Kier molecular flexibility index (Phi) is 11.0. The van der Waals surface area contributed by atoms with E-state index < -0.39 is 17.1 Å². The van der Waals surface area contributed by atoms with E-state index in [1.165, 1.54) is 11.8 Å². The van der Waals surface area contributed by atoms with E-state index in [1.54, 1.807) is 85.8 Å². The van der Waals surface area contributed by atoms with Crippen LogP contribution in [0.2, 0.25) is 5.02 Å². The Morgan fingerprint density at radius 2 is 1.60 bits per heavy atom. The number of aryl methyl sites for hydroxylation is 1. The predicted octanol–water partition coefficient (Wildman–Crippen LogP) is 7.58. The minimum Gasteiger partial charge on any atom is -0.494 e. The van der Waals surface area contributed by atoms with Crippen LogP contribution in [-0.2, 0) is 9.59 Å². The SMILES string of the molecule is CCOc1ccc(/C=C(/NC(=O)c2ccccc2)C(=O)Nc2cccc(SC(C)C(=O)Nc3ccc(C)c(Cl)c3)c2)cc1. The van der Waals surface area contributed by atoms with Gasteiger partial charge in [0.1, 0.15) is 11.4 Å². The zero-order chi connectivity index (χ0) is 30.8. The molecule has 0 fully saturated rings. The van der Waals surface area contributed by atoms with E-state index in [-0.39, 0.29) is 11.6 Å². The summed E-state index contributed by atoms with van der Waals surface area (Å²) in [5, 5.41) is 8.66. The Hall–Kier alpha value is -4.53. The smallest absolute Gasteiger partial charge is 0.272 e. The van der Waals surface area contributed by atoms with E-state index in [0.29, 0.717) is 39.9 Å². The molecule has 0 heterocycles. The van der Waals surface area contributed by atoms with Crippen LogP contribution in [0.3, 0.4) is 0 Å². The van der Waals surface area contributed by atoms with Gasteiger partial charge in [-0.05, 0) is 92.6 Å². The lowest BCUT2D eigenvalue weighted by molar-refractivity contribution is -0.115. The lowest BCUT2D eigenvalue weighted by Crippen LogP contribution is -2.30. The van der Waals surface area contributed by atoms with Crippen LogP contribution in [0.15, 0.2) is 108 Å². The molecule has 1 unspecified atom stereocenters. The van der Waals surface area contributed by atoms with Gasteiger partial charge in [0.15, 0.2) is 0 Å². The number of carbonyl (C=O) groups excluding carboxylic acids is 3. The van der Waals surface area contributed by atoms with Crippen LogP contribution in [-0.4, -0.2) is 29.6 Å². The molecule has 0 bridgehead atoms. The van der Waals surface area contributed by atoms with Crippen molar-refractivity contribution < 1.29 is 19.1 Å². The Balaban J connectivity index is 1.48. The summed E-state index contributed by atoms with van der Waals surface area (Å²) < 4.78 is 5.50. The highest BCUT2D eigenvalue weighted by molar-refractivity contribution is 8.00. The van der Waals surface area contributed by atoms with Gasteiger partial charge in [0.2, 0.25) is 5.91 Å². The van der Waals surface area contributed by atoms with Crippen molar-refractivity contribution in [1.82, 2.24) is 5.32 Å². The second-order valence-electron chi connectivity index (χ2n) is 9.58. The van der Waals surface area contributed by atoms with Crippen LogP contribution in [0, 0.1) is 6.92 Å². The summed E-state index contributed by atoms with van der Waals surface area (Å²) in [6.07, 6.45) is 1.61. The summed E-state index contributed by atoms with van der Waals surface area (Å²) >= 11 is 7.54. The number of halogens is 1. The van der Waals surface area contributed by atoms with Gasteiger partial charge in [-0.25, -0.2) is 0 Å². The Labute approximate surface area is 260 Å². The van der Waals surface area contributed by atoms with Crippen LogP contribution in [0.25, 0.3) is 6.08 Å². The maximum Gasteiger partial charge on any atom is 0.272 e. The number of hydrogen-bond acceptors (Lipinski definition) is 5. The third kappa shape index (κ3) is 9.23. The average molecular weight is 614 g/mol. The molecule has 220 valence electrons. The van der Waals surface area contributed by atoms with E-state index in [1.807, 2.05) is 38.1 Å². The molecular formula is C34H32ClN3O4S. The minimum absolute atomic E-state index is 0.0700. The number of thioether (sulfide) groups is 1. The zero-order valence-electron chi connectivity index (χ0n) is 24.0. The van der Waals surface area contributed by atoms with Crippen molar-refractivity contribution in [3.63, 3.8) is 0 Å². The molecule has 0 aliphatic rings. The van der Waals surface area contributed by atoms with Gasteiger partial charge in [-0.3, -0.25) is 14.4 Å². The number of rotatable bonds is 11. The lowest BCUT2D eigenvalue weighted by atomic mass is 10.1. The number of nitrogens with one attached hydrogen (secondary N) is 3. The largest absolute Gasteiger partial charge is 0.494 e. The molecule has 0 aliphatic heterocycles. The fourth-order valence-corrected chi connectivity index (χ4v) is 5.06. The molecule has 3 N–H and O–H groups in total. The van der Waals surface area contributed by atoms with Gasteiger partial charge in [0, 0.05) is 26.9 Å². The van der Waals surface area contributed by atoms with Crippen molar-refractivity contribution in [1.29, 1.82) is 0 Å².